The zero-order valence-corrected chi connectivity index (χ0v) is 12.9. The minimum Gasteiger partial charge on any atom is -0.389 e. The third-order valence-corrected chi connectivity index (χ3v) is 4.29. The summed E-state index contributed by atoms with van der Waals surface area (Å²) >= 11 is 7.39. The molecule has 0 aliphatic heterocycles. The Morgan fingerprint density at radius 3 is 2.52 bits per heavy atom. The highest BCUT2D eigenvalue weighted by atomic mass is 35.5. The van der Waals surface area contributed by atoms with Gasteiger partial charge in [0.15, 0.2) is 0 Å². The van der Waals surface area contributed by atoms with E-state index in [2.05, 4.69) is 0 Å². The molecule has 0 radical (unpaired) electrons. The molecule has 0 amide bonds. The molecule has 0 bridgehead atoms. The van der Waals surface area contributed by atoms with Crippen LogP contribution in [0.4, 0.5) is 5.69 Å². The summed E-state index contributed by atoms with van der Waals surface area (Å²) in [6.07, 6.45) is -0.502. The molecule has 21 heavy (non-hydrogen) atoms. The number of thioether (sulfide) groups is 1. The van der Waals surface area contributed by atoms with Gasteiger partial charge in [0.25, 0.3) is 5.69 Å². The van der Waals surface area contributed by atoms with Gasteiger partial charge in [0.05, 0.1) is 11.0 Å². The smallest absolute Gasteiger partial charge is 0.273 e. The Kier molecular flexibility index (Phi) is 5.22. The van der Waals surface area contributed by atoms with Crippen LogP contribution in [-0.4, -0.2) is 10.0 Å². The summed E-state index contributed by atoms with van der Waals surface area (Å²) in [6.45, 7) is 1.71. The van der Waals surface area contributed by atoms with E-state index >= 15 is 0 Å². The fraction of sp³-hybridized carbons (Fsp3) is 0.200. The largest absolute Gasteiger partial charge is 0.389 e. The number of nitrogens with zero attached hydrogens (tertiary/aromatic N) is 1. The first-order valence-corrected chi connectivity index (χ1v) is 7.67. The lowest BCUT2D eigenvalue weighted by Crippen LogP contribution is -1.94. The summed E-state index contributed by atoms with van der Waals surface area (Å²) in [5.41, 5.74) is 1.51. The van der Waals surface area contributed by atoms with Crippen molar-refractivity contribution < 1.29 is 10.0 Å². The molecule has 4 nitrogen and oxygen atoms in total. The van der Waals surface area contributed by atoms with Gasteiger partial charge in [-0.3, -0.25) is 10.1 Å². The summed E-state index contributed by atoms with van der Waals surface area (Å²) in [5.74, 6) is 0.463. The zero-order chi connectivity index (χ0) is 15.4. The Morgan fingerprint density at radius 1 is 1.29 bits per heavy atom. The van der Waals surface area contributed by atoms with Crippen molar-refractivity contribution in [1.82, 2.24) is 0 Å². The van der Waals surface area contributed by atoms with Crippen molar-refractivity contribution in [3.8, 4) is 0 Å². The van der Waals surface area contributed by atoms with Crippen LogP contribution in [-0.2, 0) is 5.75 Å². The molecule has 1 unspecified atom stereocenters. The number of hydrogen-bond donors (Lipinski definition) is 1. The Bertz CT molecular complexity index is 644. The number of benzene rings is 2. The van der Waals surface area contributed by atoms with Crippen LogP contribution in [0.25, 0.3) is 0 Å². The van der Waals surface area contributed by atoms with Crippen molar-refractivity contribution in [3.63, 3.8) is 0 Å². The van der Waals surface area contributed by atoms with Gasteiger partial charge < -0.3 is 5.11 Å². The fourth-order valence-electron chi connectivity index (χ4n) is 1.85. The first kappa shape index (κ1) is 15.8. The predicted molar refractivity (Wildman–Crippen MR) is 84.7 cm³/mol. The molecular formula is C15H14ClNO3S. The third-order valence-electron chi connectivity index (χ3n) is 3.00. The van der Waals surface area contributed by atoms with E-state index in [9.17, 15) is 15.2 Å². The van der Waals surface area contributed by atoms with Gasteiger partial charge in [-0.05, 0) is 36.8 Å². The van der Waals surface area contributed by atoms with Gasteiger partial charge >= 0.3 is 0 Å². The molecule has 110 valence electrons. The molecule has 0 fully saturated rings. The quantitative estimate of drug-likeness (QED) is 0.496. The van der Waals surface area contributed by atoms with Gasteiger partial charge in [-0.1, -0.05) is 23.7 Å². The van der Waals surface area contributed by atoms with E-state index in [-0.39, 0.29) is 5.69 Å². The molecule has 2 rings (SSSR count). The molecule has 0 heterocycles. The summed E-state index contributed by atoms with van der Waals surface area (Å²) in [6, 6.07) is 12.0. The van der Waals surface area contributed by atoms with Crippen molar-refractivity contribution in [1.29, 1.82) is 0 Å². The molecule has 0 aliphatic rings. The molecule has 0 saturated heterocycles. The van der Waals surface area contributed by atoms with E-state index in [1.54, 1.807) is 13.0 Å². The van der Waals surface area contributed by atoms with Crippen molar-refractivity contribution >= 4 is 29.1 Å². The van der Waals surface area contributed by atoms with Gasteiger partial charge in [-0.25, -0.2) is 0 Å². The maximum atomic E-state index is 11.0. The van der Waals surface area contributed by atoms with Crippen LogP contribution >= 0.6 is 23.4 Å². The standard InChI is InChI=1S/C15H14ClNO3S/c1-10(18)11-2-5-14(6-3-11)21-9-12-8-13(16)4-7-15(12)17(19)20/h2-8,10,18H,9H2,1H3. The number of rotatable bonds is 5. The first-order chi connectivity index (χ1) is 9.97. The summed E-state index contributed by atoms with van der Waals surface area (Å²) in [4.78, 5) is 11.6. The van der Waals surface area contributed by atoms with Gasteiger partial charge in [0.2, 0.25) is 0 Å². The molecule has 1 N–H and O–H groups in total. The topological polar surface area (TPSA) is 63.4 Å². The Hall–Kier alpha value is -1.56. The highest BCUT2D eigenvalue weighted by Gasteiger charge is 2.14. The average molecular weight is 324 g/mol. The van der Waals surface area contributed by atoms with Crippen LogP contribution in [0.1, 0.15) is 24.2 Å². The predicted octanol–water partition coefficient (Wildman–Crippen LogP) is 4.59. The number of nitro groups is 1. The number of aliphatic hydroxyl groups is 1. The van der Waals surface area contributed by atoms with E-state index in [4.69, 9.17) is 11.6 Å². The number of aliphatic hydroxyl groups excluding tert-OH is 1. The zero-order valence-electron chi connectivity index (χ0n) is 11.3. The number of halogens is 1. The van der Waals surface area contributed by atoms with Crippen LogP contribution in [0, 0.1) is 10.1 Å². The van der Waals surface area contributed by atoms with Crippen LogP contribution in [0.3, 0.4) is 0 Å². The van der Waals surface area contributed by atoms with Crippen molar-refractivity contribution in [2.75, 3.05) is 0 Å². The fourth-order valence-corrected chi connectivity index (χ4v) is 2.93. The minimum atomic E-state index is -0.502. The Balaban J connectivity index is 2.12. The second-order valence-corrected chi connectivity index (χ2v) is 6.05. The molecule has 2 aromatic rings. The molecule has 1 atom stereocenters. The monoisotopic (exact) mass is 323 g/mol. The van der Waals surface area contributed by atoms with E-state index < -0.39 is 11.0 Å². The van der Waals surface area contributed by atoms with Crippen molar-refractivity contribution in [2.24, 2.45) is 0 Å². The molecular weight excluding hydrogens is 310 g/mol. The second kappa shape index (κ2) is 6.93. The lowest BCUT2D eigenvalue weighted by atomic mass is 10.1. The SMILES string of the molecule is CC(O)c1ccc(SCc2cc(Cl)ccc2[N+](=O)[O-])cc1. The van der Waals surface area contributed by atoms with Crippen LogP contribution in [0.15, 0.2) is 47.4 Å². The van der Waals surface area contributed by atoms with Gasteiger partial charge in [0.1, 0.15) is 0 Å². The van der Waals surface area contributed by atoms with E-state index in [0.29, 0.717) is 16.3 Å². The average Bonchev–Trinajstić information content (AvgIpc) is 2.45. The van der Waals surface area contributed by atoms with Gasteiger partial charge in [-0.15, -0.1) is 11.8 Å². The molecule has 0 saturated carbocycles. The van der Waals surface area contributed by atoms with Gasteiger partial charge in [0, 0.05) is 27.3 Å². The Labute approximate surface area is 131 Å². The summed E-state index contributed by atoms with van der Waals surface area (Å²) in [7, 11) is 0. The maximum Gasteiger partial charge on any atom is 0.273 e. The molecule has 6 heteroatoms. The van der Waals surface area contributed by atoms with E-state index in [1.165, 1.54) is 23.9 Å². The lowest BCUT2D eigenvalue weighted by molar-refractivity contribution is -0.385. The minimum absolute atomic E-state index is 0.0764. The highest BCUT2D eigenvalue weighted by Crippen LogP contribution is 2.30. The summed E-state index contributed by atoms with van der Waals surface area (Å²) in [5, 5.41) is 20.9. The molecule has 0 spiro atoms. The number of nitro benzene ring substituents is 1. The van der Waals surface area contributed by atoms with Crippen LogP contribution in [0.2, 0.25) is 5.02 Å². The molecule has 2 aromatic carbocycles. The summed E-state index contributed by atoms with van der Waals surface area (Å²) < 4.78 is 0. The van der Waals surface area contributed by atoms with Crippen LogP contribution < -0.4 is 0 Å². The maximum absolute atomic E-state index is 11.0. The highest BCUT2D eigenvalue weighted by molar-refractivity contribution is 7.98. The molecule has 0 aromatic heterocycles. The van der Waals surface area contributed by atoms with Crippen molar-refractivity contribution in [2.45, 2.75) is 23.7 Å². The van der Waals surface area contributed by atoms with Gasteiger partial charge in [-0.2, -0.15) is 0 Å². The van der Waals surface area contributed by atoms with Crippen molar-refractivity contribution in [3.05, 3.63) is 68.7 Å². The van der Waals surface area contributed by atoms with Crippen LogP contribution in [0.5, 0.6) is 0 Å². The normalized spacial score (nSPS) is 12.1. The van der Waals surface area contributed by atoms with E-state index in [0.717, 1.165) is 10.5 Å². The second-order valence-electron chi connectivity index (χ2n) is 4.56. The first-order valence-electron chi connectivity index (χ1n) is 6.31. The Morgan fingerprint density at radius 2 is 1.95 bits per heavy atom. The van der Waals surface area contributed by atoms with E-state index in [1.807, 2.05) is 24.3 Å². The third kappa shape index (κ3) is 4.20. The number of hydrogen-bond acceptors (Lipinski definition) is 4. The molecule has 0 aliphatic carbocycles. The lowest BCUT2D eigenvalue weighted by Gasteiger charge is -2.07.